The van der Waals surface area contributed by atoms with Gasteiger partial charge in [-0.05, 0) is 12.1 Å². The normalized spacial score (nSPS) is 10.0. The van der Waals surface area contributed by atoms with Gasteiger partial charge >= 0.3 is 272 Å². The zero-order chi connectivity index (χ0) is 36.9. The Morgan fingerprint density at radius 1 is 0.882 bits per heavy atom. The van der Waals surface area contributed by atoms with Crippen LogP contribution in [0, 0.1) is 38.6 Å². The van der Waals surface area contributed by atoms with Crippen molar-refractivity contribution in [3.63, 3.8) is 0 Å². The Kier molecular flexibility index (Phi) is 14.4. The molecule has 0 aliphatic carbocycles. The van der Waals surface area contributed by atoms with Gasteiger partial charge in [0.25, 0.3) is 0 Å². The van der Waals surface area contributed by atoms with Crippen molar-refractivity contribution in [3.05, 3.63) is 138 Å². The predicted molar refractivity (Wildman–Crippen MR) is 203 cm³/mol. The van der Waals surface area contributed by atoms with Gasteiger partial charge in [0, 0.05) is 6.20 Å². The molecule has 0 unspecified atom stereocenters. The summed E-state index contributed by atoms with van der Waals surface area (Å²) in [6.07, 6.45) is 3.52. The van der Waals surface area contributed by atoms with E-state index in [1.807, 2.05) is 86.8 Å². The number of hydrogen-bond donors (Lipinski definition) is 2. The summed E-state index contributed by atoms with van der Waals surface area (Å²) in [5, 5.41) is 10.0. The number of ether oxygens (including phenoxy) is 1. The fraction of sp³-hybridized carbons (Fsp3) is 0.135. The van der Waals surface area contributed by atoms with E-state index in [1.165, 1.54) is 11.8 Å². The Bertz CT molecular complexity index is 2290. The average Bonchev–Trinajstić information content (AvgIpc) is 3.73. The van der Waals surface area contributed by atoms with Crippen LogP contribution in [0.2, 0.25) is 0 Å². The molecule has 0 aliphatic rings. The van der Waals surface area contributed by atoms with Crippen molar-refractivity contribution in [3.8, 4) is 20.3 Å². The van der Waals surface area contributed by atoms with Crippen LogP contribution in [0.25, 0.3) is 30.0 Å². The summed E-state index contributed by atoms with van der Waals surface area (Å²) in [6.45, 7) is 22.2. The van der Waals surface area contributed by atoms with E-state index in [4.69, 9.17) is 30.1 Å². The van der Waals surface area contributed by atoms with Crippen LogP contribution in [-0.2, 0) is 4.74 Å². The third kappa shape index (κ3) is 10.8. The fourth-order valence-corrected chi connectivity index (χ4v) is 9.08. The van der Waals surface area contributed by atoms with E-state index in [0.29, 0.717) is 32.6 Å². The maximum atomic E-state index is 11.8. The molecule has 0 spiro atoms. The standard InChI is InChI=1S/C17H11N3O2SSe.C15H14N2O2Se.C5H5NS/c1-10-15(17(21)22)24-16(20-10)11-6-7-13(12(9-11)18-2)23-14-5-3-4-8-19-14;1-5-19-15(18)13-10(3)17-14(20-13)11-7-6-9(2)12(8-11)16-4;7-5-3-1-2-4-6-5/h3-9H,1H3,(H,21,22);6-8H,5H2,1-3H3;1-4H,(H,6,7). The molecule has 2 aromatic carbocycles. The first kappa shape index (κ1) is 38.9. The van der Waals surface area contributed by atoms with Gasteiger partial charge in [0.1, 0.15) is 4.64 Å². The zero-order valence-electron chi connectivity index (χ0n) is 27.8. The summed E-state index contributed by atoms with van der Waals surface area (Å²) in [6, 6.07) is 22.5. The molecule has 0 atom stereocenters. The van der Waals surface area contributed by atoms with Crippen molar-refractivity contribution in [2.75, 3.05) is 6.61 Å². The van der Waals surface area contributed by atoms with Crippen molar-refractivity contribution < 1.29 is 19.4 Å². The van der Waals surface area contributed by atoms with Crippen LogP contribution in [0.4, 0.5) is 11.4 Å². The molecule has 51 heavy (non-hydrogen) atoms. The van der Waals surface area contributed by atoms with Gasteiger partial charge in [0.05, 0.1) is 0 Å². The molecular weight excluding hydrogens is 814 g/mol. The summed E-state index contributed by atoms with van der Waals surface area (Å²) >= 11 is 5.68. The molecule has 2 N–H and O–H groups in total. The molecule has 6 rings (SSSR count). The number of hydrogen-bond acceptors (Lipinski definition) is 8. The average molecular weight is 845 g/mol. The van der Waals surface area contributed by atoms with Gasteiger partial charge in [-0.2, -0.15) is 0 Å². The monoisotopic (exact) mass is 846 g/mol. The quantitative estimate of drug-likeness (QED) is 0.0702. The summed E-state index contributed by atoms with van der Waals surface area (Å²) < 4.78 is 8.48. The second-order valence-electron chi connectivity index (χ2n) is 10.3. The van der Waals surface area contributed by atoms with E-state index in [9.17, 15) is 14.7 Å². The van der Waals surface area contributed by atoms with Crippen LogP contribution >= 0.6 is 24.0 Å². The van der Waals surface area contributed by atoms with E-state index in [-0.39, 0.29) is 35.0 Å². The number of aromatic carboxylic acids is 1. The summed E-state index contributed by atoms with van der Waals surface area (Å²) in [5.74, 6) is -1.19. The number of carbonyl (C=O) groups is 2. The van der Waals surface area contributed by atoms with Crippen LogP contribution in [-0.4, -0.2) is 72.6 Å². The van der Waals surface area contributed by atoms with Gasteiger partial charge in [-0.15, -0.1) is 0 Å². The Hall–Kier alpha value is -4.91. The van der Waals surface area contributed by atoms with Gasteiger partial charge < -0.3 is 4.98 Å². The molecule has 6 aromatic rings. The van der Waals surface area contributed by atoms with Crippen LogP contribution in [0.15, 0.2) is 95.1 Å². The zero-order valence-corrected chi connectivity index (χ0v) is 32.9. The first-order valence-electron chi connectivity index (χ1n) is 15.1. The first-order valence-corrected chi connectivity index (χ1v) is 19.8. The van der Waals surface area contributed by atoms with E-state index in [1.54, 1.807) is 26.1 Å². The summed E-state index contributed by atoms with van der Waals surface area (Å²) in [4.78, 5) is 46.9. The van der Waals surface area contributed by atoms with E-state index >= 15 is 0 Å². The van der Waals surface area contributed by atoms with Gasteiger partial charge in [-0.3, -0.25) is 0 Å². The minimum atomic E-state index is -0.918. The third-order valence-electron chi connectivity index (χ3n) is 6.68. The topological polar surface area (TPSA) is 127 Å². The molecule has 14 heteroatoms. The van der Waals surface area contributed by atoms with Crippen molar-refractivity contribution in [2.45, 2.75) is 37.6 Å². The Morgan fingerprint density at radius 2 is 1.51 bits per heavy atom. The predicted octanol–water partition coefficient (Wildman–Crippen LogP) is 8.80. The van der Waals surface area contributed by atoms with Crippen molar-refractivity contribution >= 4 is 76.3 Å². The molecule has 0 radical (unpaired) electrons. The number of esters is 1. The number of pyridine rings is 2. The number of nitrogens with one attached hydrogen (secondary N) is 1. The van der Waals surface area contributed by atoms with E-state index in [0.717, 1.165) is 46.1 Å². The molecule has 0 saturated carbocycles. The van der Waals surface area contributed by atoms with Gasteiger partial charge in [-0.25, -0.2) is 0 Å². The number of H-pyrrole nitrogens is 1. The van der Waals surface area contributed by atoms with Crippen LogP contribution in [0.5, 0.6) is 0 Å². The molecule has 0 fully saturated rings. The molecule has 0 bridgehead atoms. The number of aromatic nitrogens is 4. The SMILES string of the molecule is S=c1cccc[nH]1.[C-]#[N+]c1cc(-c2nc(C)c(C(=O)O)[se]2)ccc1Sc1ccccn1.[C-]#[N+]c1cc(-c2nc(C)c(C(=O)OCC)[se]2)ccc1C. The molecule has 0 amide bonds. The van der Waals surface area contributed by atoms with Crippen LogP contribution in [0.3, 0.4) is 0 Å². The van der Waals surface area contributed by atoms with Crippen molar-refractivity contribution in [1.82, 2.24) is 19.9 Å². The van der Waals surface area contributed by atoms with Gasteiger partial charge in [-0.1, -0.05) is 18.3 Å². The number of aryl methyl sites for hydroxylation is 3. The summed E-state index contributed by atoms with van der Waals surface area (Å²) in [5.41, 5.74) is 5.09. The van der Waals surface area contributed by atoms with Crippen molar-refractivity contribution in [1.29, 1.82) is 0 Å². The van der Waals surface area contributed by atoms with Gasteiger partial charge in [0.15, 0.2) is 0 Å². The number of aromatic amines is 1. The van der Waals surface area contributed by atoms with Crippen molar-refractivity contribution in [2.24, 2.45) is 0 Å². The number of carboxylic acid groups (broad SMARTS) is 1. The first-order chi connectivity index (χ1) is 24.5. The number of carboxylic acids is 1. The second-order valence-corrected chi connectivity index (χ2v) is 16.0. The molecule has 256 valence electrons. The molecule has 0 saturated heterocycles. The van der Waals surface area contributed by atoms with E-state index in [2.05, 4.69) is 29.6 Å². The number of nitrogens with zero attached hydrogens (tertiary/aromatic N) is 5. The number of rotatable bonds is 7. The Labute approximate surface area is 316 Å². The number of carbonyl (C=O) groups excluding carboxylic acids is 1. The van der Waals surface area contributed by atoms with Crippen LogP contribution < -0.4 is 0 Å². The molecular formula is C37H30N6O4S2Se2. The Balaban J connectivity index is 0.000000194. The molecule has 4 aromatic heterocycles. The summed E-state index contributed by atoms with van der Waals surface area (Å²) in [7, 11) is 0. The van der Waals surface area contributed by atoms with Crippen LogP contribution in [0.1, 0.15) is 42.3 Å². The van der Waals surface area contributed by atoms with E-state index < -0.39 is 5.97 Å². The minimum absolute atomic E-state index is 0.162. The number of benzene rings is 2. The maximum absolute atomic E-state index is 11.8. The molecule has 10 nitrogen and oxygen atoms in total. The van der Waals surface area contributed by atoms with Gasteiger partial charge in [0.2, 0.25) is 0 Å². The Morgan fingerprint density at radius 3 is 2.04 bits per heavy atom. The fourth-order valence-electron chi connectivity index (χ4n) is 4.21. The third-order valence-corrected chi connectivity index (χ3v) is 12.9. The molecule has 4 heterocycles. The second kappa shape index (κ2) is 18.9. The molecule has 0 aliphatic heterocycles.